The van der Waals surface area contributed by atoms with Crippen LogP contribution in [0, 0.1) is 38.5 Å². The van der Waals surface area contributed by atoms with Crippen molar-refractivity contribution >= 4 is 11.8 Å². The molecule has 4 heterocycles. The van der Waals surface area contributed by atoms with Crippen LogP contribution in [0.2, 0.25) is 0 Å². The first kappa shape index (κ1) is 37.1. The zero-order valence-corrected chi connectivity index (χ0v) is 31.6. The van der Waals surface area contributed by atoms with Crippen molar-refractivity contribution in [3.05, 3.63) is 93.6 Å². The monoisotopic (exact) mass is 712 g/mol. The highest BCUT2D eigenvalue weighted by molar-refractivity contribution is 5.94. The van der Waals surface area contributed by atoms with Crippen LogP contribution in [-0.4, -0.2) is 92.5 Å². The first-order valence-corrected chi connectivity index (χ1v) is 17.7. The Kier molecular flexibility index (Phi) is 9.99. The lowest BCUT2D eigenvalue weighted by Gasteiger charge is -2.57. The fourth-order valence-corrected chi connectivity index (χ4v) is 7.91. The number of rotatable bonds is 11. The van der Waals surface area contributed by atoms with Crippen LogP contribution in [0.15, 0.2) is 48.8 Å². The SMILES string of the molecule is COc1ccc(CNC(=O)N2CC3(C)CN(C(N)(O)Cc4ccc(OC)c(Cn5cc(C)c(C)n5)c4)CC(C)(C2)C3=O)cc1Cn1cc(C)c(C)n1. The van der Waals surface area contributed by atoms with Crippen molar-refractivity contribution < 1.29 is 24.2 Å². The zero-order valence-electron chi connectivity index (χ0n) is 31.6. The van der Waals surface area contributed by atoms with Crippen molar-refractivity contribution in [2.45, 2.75) is 73.4 Å². The minimum atomic E-state index is -1.74. The minimum absolute atomic E-state index is 0.0801. The Morgan fingerprint density at radius 3 is 1.79 bits per heavy atom. The molecule has 2 aromatic heterocycles. The number of hydrogen-bond donors (Lipinski definition) is 3. The maximum Gasteiger partial charge on any atom is 0.317 e. The summed E-state index contributed by atoms with van der Waals surface area (Å²) in [5.41, 5.74) is 12.6. The summed E-state index contributed by atoms with van der Waals surface area (Å²) in [7, 11) is 3.27. The maximum atomic E-state index is 13.9. The third kappa shape index (κ3) is 7.43. The van der Waals surface area contributed by atoms with Crippen molar-refractivity contribution in [3.8, 4) is 11.5 Å². The topological polar surface area (TPSA) is 153 Å². The lowest BCUT2D eigenvalue weighted by Crippen LogP contribution is -2.74. The smallest absolute Gasteiger partial charge is 0.317 e. The molecule has 6 rings (SSSR count). The van der Waals surface area contributed by atoms with E-state index in [2.05, 4.69) is 15.5 Å². The van der Waals surface area contributed by atoms with Gasteiger partial charge >= 0.3 is 6.03 Å². The summed E-state index contributed by atoms with van der Waals surface area (Å²) in [6.07, 6.45) is 4.14. The van der Waals surface area contributed by atoms with Crippen molar-refractivity contribution in [1.29, 1.82) is 0 Å². The lowest BCUT2D eigenvalue weighted by molar-refractivity contribution is -0.183. The molecule has 3 unspecified atom stereocenters. The van der Waals surface area contributed by atoms with Crippen LogP contribution in [0.4, 0.5) is 4.79 Å². The number of ether oxygens (including phenoxy) is 2. The molecule has 0 radical (unpaired) electrons. The second-order valence-corrected chi connectivity index (χ2v) is 15.4. The number of benzene rings is 2. The average molecular weight is 713 g/mol. The van der Waals surface area contributed by atoms with Crippen LogP contribution in [0.25, 0.3) is 0 Å². The van der Waals surface area contributed by atoms with Gasteiger partial charge in [-0.3, -0.25) is 24.8 Å². The zero-order chi connectivity index (χ0) is 37.6. The number of Topliss-reactive ketones (excluding diaryl/α,β-unsaturated/α-hetero) is 1. The molecular weight excluding hydrogens is 660 g/mol. The molecule has 4 N–H and O–H groups in total. The maximum absolute atomic E-state index is 13.9. The van der Waals surface area contributed by atoms with Gasteiger partial charge in [0, 0.05) is 62.7 Å². The molecule has 2 saturated heterocycles. The van der Waals surface area contributed by atoms with Gasteiger partial charge in [0.25, 0.3) is 0 Å². The Bertz CT molecular complexity index is 1920. The van der Waals surface area contributed by atoms with Crippen molar-refractivity contribution in [1.82, 2.24) is 34.7 Å². The molecule has 2 fully saturated rings. The van der Waals surface area contributed by atoms with Gasteiger partial charge in [-0.1, -0.05) is 18.2 Å². The van der Waals surface area contributed by atoms with E-state index in [1.165, 1.54) is 0 Å². The van der Waals surface area contributed by atoms with E-state index in [0.717, 1.165) is 56.3 Å². The predicted octanol–water partition coefficient (Wildman–Crippen LogP) is 3.70. The number of methoxy groups -OCH3 is 2. The highest BCUT2D eigenvalue weighted by atomic mass is 16.5. The molecular formula is C39H52N8O5. The summed E-state index contributed by atoms with van der Waals surface area (Å²) in [5.74, 6) is -0.187. The van der Waals surface area contributed by atoms with Crippen molar-refractivity contribution in [2.75, 3.05) is 40.4 Å². The molecule has 4 aromatic rings. The summed E-state index contributed by atoms with van der Waals surface area (Å²) >= 11 is 0. The van der Waals surface area contributed by atoms with Gasteiger partial charge in [-0.05, 0) is 82.0 Å². The Morgan fingerprint density at radius 1 is 0.846 bits per heavy atom. The number of hydrogen-bond acceptors (Lipinski definition) is 9. The first-order valence-electron chi connectivity index (χ1n) is 17.7. The van der Waals surface area contributed by atoms with Crippen LogP contribution in [0.1, 0.15) is 58.6 Å². The number of piperidine rings is 2. The second-order valence-electron chi connectivity index (χ2n) is 15.4. The van der Waals surface area contributed by atoms with E-state index < -0.39 is 16.7 Å². The van der Waals surface area contributed by atoms with E-state index in [-0.39, 0.29) is 44.4 Å². The van der Waals surface area contributed by atoms with Gasteiger partial charge in [-0.2, -0.15) is 10.2 Å². The molecule has 13 heteroatoms. The first-order chi connectivity index (χ1) is 24.5. The van der Waals surface area contributed by atoms with Gasteiger partial charge in [0.1, 0.15) is 11.5 Å². The summed E-state index contributed by atoms with van der Waals surface area (Å²) in [5, 5.41) is 24.0. The van der Waals surface area contributed by atoms with E-state index in [1.807, 2.05) is 99.7 Å². The molecule has 278 valence electrons. The van der Waals surface area contributed by atoms with Gasteiger partial charge in [-0.15, -0.1) is 0 Å². The summed E-state index contributed by atoms with van der Waals surface area (Å²) in [4.78, 5) is 31.0. The number of amides is 2. The van der Waals surface area contributed by atoms with E-state index in [0.29, 0.717) is 19.6 Å². The number of urea groups is 1. The van der Waals surface area contributed by atoms with Gasteiger partial charge in [0.05, 0.1) is 49.5 Å². The molecule has 2 amide bonds. The minimum Gasteiger partial charge on any atom is -0.496 e. The van der Waals surface area contributed by atoms with Gasteiger partial charge < -0.3 is 24.8 Å². The number of aromatic nitrogens is 4. The van der Waals surface area contributed by atoms with Crippen LogP contribution in [-0.2, 0) is 30.8 Å². The van der Waals surface area contributed by atoms with Crippen LogP contribution in [0.3, 0.4) is 0 Å². The molecule has 0 aliphatic carbocycles. The van der Waals surface area contributed by atoms with E-state index >= 15 is 0 Å². The number of nitrogens with two attached hydrogens (primary N) is 1. The number of carbonyl (C=O) groups excluding carboxylic acids is 2. The van der Waals surface area contributed by atoms with Crippen LogP contribution >= 0.6 is 0 Å². The molecule has 52 heavy (non-hydrogen) atoms. The number of nitrogens with one attached hydrogen (secondary N) is 1. The Morgan fingerprint density at radius 2 is 1.33 bits per heavy atom. The predicted molar refractivity (Wildman–Crippen MR) is 197 cm³/mol. The summed E-state index contributed by atoms with van der Waals surface area (Å²) < 4.78 is 15.0. The summed E-state index contributed by atoms with van der Waals surface area (Å²) in [6.45, 7) is 13.9. The number of carbonyl (C=O) groups is 2. The van der Waals surface area contributed by atoms with Crippen molar-refractivity contribution in [2.24, 2.45) is 16.6 Å². The molecule has 13 nitrogen and oxygen atoms in total. The highest BCUT2D eigenvalue weighted by Crippen LogP contribution is 2.44. The summed E-state index contributed by atoms with van der Waals surface area (Å²) in [6, 6.07) is 11.4. The molecule has 2 bridgehead atoms. The molecule has 2 aromatic carbocycles. The fourth-order valence-electron chi connectivity index (χ4n) is 7.91. The molecule has 0 saturated carbocycles. The highest BCUT2D eigenvalue weighted by Gasteiger charge is 2.58. The van der Waals surface area contributed by atoms with Crippen LogP contribution < -0.4 is 20.5 Å². The van der Waals surface area contributed by atoms with Crippen molar-refractivity contribution in [3.63, 3.8) is 0 Å². The van der Waals surface area contributed by atoms with Gasteiger partial charge in [0.2, 0.25) is 0 Å². The van der Waals surface area contributed by atoms with Gasteiger partial charge in [-0.25, -0.2) is 4.79 Å². The molecule has 2 aliphatic rings. The van der Waals surface area contributed by atoms with E-state index in [1.54, 1.807) is 24.0 Å². The third-order valence-corrected chi connectivity index (χ3v) is 10.7. The number of aliphatic hydroxyl groups is 1. The number of aryl methyl sites for hydroxylation is 4. The van der Waals surface area contributed by atoms with Crippen LogP contribution in [0.5, 0.6) is 11.5 Å². The molecule has 0 spiro atoms. The number of likely N-dealkylation sites (tertiary alicyclic amines) is 2. The number of nitrogens with zero attached hydrogens (tertiary/aromatic N) is 6. The quantitative estimate of drug-likeness (QED) is 0.198. The number of fused-ring (bicyclic) bond motifs is 2. The average Bonchev–Trinajstić information content (AvgIpc) is 3.57. The largest absolute Gasteiger partial charge is 0.496 e. The standard InChI is InChI=1S/C39H52N8O5/c1-25-17-46(42-27(25)3)19-31-13-29(9-11-33(31)51-7)15-39(40,50)45-23-37(5)21-44(22-38(6,24-45)35(37)48)36(49)41-16-30-10-12-34(52-8)32(14-30)20-47-18-26(2)28(4)43-47/h9-14,17-18,50H,15-16,19-24,40H2,1-8H3,(H,41,49). The lowest BCUT2D eigenvalue weighted by atomic mass is 9.64. The molecule has 3 atom stereocenters. The fraction of sp³-hybridized carbons (Fsp3) is 0.487. The molecule has 2 aliphatic heterocycles. The number of ketones is 1. The Labute approximate surface area is 305 Å². The Balaban J connectivity index is 1.12. The second kappa shape index (κ2) is 14.0. The Hall–Kier alpha value is -4.72. The van der Waals surface area contributed by atoms with E-state index in [9.17, 15) is 14.7 Å². The van der Waals surface area contributed by atoms with E-state index in [4.69, 9.17) is 15.2 Å². The third-order valence-electron chi connectivity index (χ3n) is 10.7. The normalized spacial score (nSPS) is 21.6. The van der Waals surface area contributed by atoms with Gasteiger partial charge in [0.15, 0.2) is 11.6 Å².